The first kappa shape index (κ1) is 9.16. The average Bonchev–Trinajstić information content (AvgIpc) is 2.49. The van der Waals surface area contributed by atoms with Gasteiger partial charge in [0.05, 0.1) is 10.2 Å². The zero-order valence-corrected chi connectivity index (χ0v) is 9.61. The topological polar surface area (TPSA) is 13.1 Å². The van der Waals surface area contributed by atoms with Gasteiger partial charge in [-0.25, -0.2) is 0 Å². The summed E-state index contributed by atoms with van der Waals surface area (Å²) in [7, 11) is 0. The van der Waals surface area contributed by atoms with E-state index in [1.165, 1.54) is 5.39 Å². The van der Waals surface area contributed by atoms with E-state index < -0.39 is 0 Å². The molecule has 0 aliphatic rings. The lowest BCUT2D eigenvalue weighted by atomic mass is 10.2. The fourth-order valence-corrected chi connectivity index (χ4v) is 2.18. The van der Waals surface area contributed by atoms with Gasteiger partial charge in [-0.1, -0.05) is 12.1 Å². The predicted molar refractivity (Wildman–Crippen MR) is 61.1 cm³/mol. The third-order valence-corrected chi connectivity index (χ3v) is 3.03. The normalized spacial score (nSPS) is 10.9. The summed E-state index contributed by atoms with van der Waals surface area (Å²) < 4.78 is 6.70. The lowest BCUT2D eigenvalue weighted by Gasteiger charge is -1.90. The molecule has 68 valence electrons. The Labute approximate surface area is 89.6 Å². The molecule has 1 heterocycles. The van der Waals surface area contributed by atoms with Crippen LogP contribution in [0.4, 0.5) is 0 Å². The van der Waals surface area contributed by atoms with Crippen LogP contribution in [0.1, 0.15) is 5.76 Å². The van der Waals surface area contributed by atoms with Crippen LogP contribution in [0.5, 0.6) is 0 Å². The standard InChI is InChI=1S/C10H9BrOS/c1-13-6-8-5-7-3-2-4-9(11)10(7)12-8/h2-5H,6H2,1H3. The smallest absolute Gasteiger partial charge is 0.148 e. The van der Waals surface area contributed by atoms with Gasteiger partial charge in [0, 0.05) is 5.39 Å². The molecule has 1 nitrogen and oxygen atoms in total. The maximum Gasteiger partial charge on any atom is 0.148 e. The Balaban J connectivity index is 2.55. The highest BCUT2D eigenvalue weighted by Crippen LogP contribution is 2.28. The fourth-order valence-electron chi connectivity index (χ4n) is 1.29. The Morgan fingerprint density at radius 3 is 3.00 bits per heavy atom. The van der Waals surface area contributed by atoms with Gasteiger partial charge in [-0.15, -0.1) is 0 Å². The van der Waals surface area contributed by atoms with Gasteiger partial charge in [0.25, 0.3) is 0 Å². The average molecular weight is 257 g/mol. The lowest BCUT2D eigenvalue weighted by Crippen LogP contribution is -1.69. The molecule has 0 spiro atoms. The molecule has 0 atom stereocenters. The zero-order chi connectivity index (χ0) is 9.26. The summed E-state index contributed by atoms with van der Waals surface area (Å²) >= 11 is 5.23. The van der Waals surface area contributed by atoms with Crippen molar-refractivity contribution in [1.29, 1.82) is 0 Å². The number of halogens is 1. The number of hydrogen-bond acceptors (Lipinski definition) is 2. The first-order valence-corrected chi connectivity index (χ1v) is 6.16. The molecule has 0 radical (unpaired) electrons. The highest BCUT2D eigenvalue weighted by molar-refractivity contribution is 9.10. The second-order valence-electron chi connectivity index (χ2n) is 2.80. The van der Waals surface area contributed by atoms with Gasteiger partial charge in [0.1, 0.15) is 11.3 Å². The van der Waals surface area contributed by atoms with Crippen molar-refractivity contribution in [3.05, 3.63) is 34.5 Å². The third kappa shape index (κ3) is 1.76. The molecule has 2 aromatic rings. The summed E-state index contributed by atoms with van der Waals surface area (Å²) in [5.74, 6) is 1.97. The number of benzene rings is 1. The fraction of sp³-hybridized carbons (Fsp3) is 0.200. The van der Waals surface area contributed by atoms with Crippen LogP contribution in [-0.4, -0.2) is 6.26 Å². The van der Waals surface area contributed by atoms with E-state index in [-0.39, 0.29) is 0 Å². The number of para-hydroxylation sites is 1. The first-order valence-electron chi connectivity index (χ1n) is 3.97. The van der Waals surface area contributed by atoms with E-state index >= 15 is 0 Å². The number of furan rings is 1. The first-order chi connectivity index (χ1) is 6.31. The SMILES string of the molecule is CSCc1cc2cccc(Br)c2o1. The van der Waals surface area contributed by atoms with E-state index in [2.05, 4.69) is 34.3 Å². The predicted octanol–water partition coefficient (Wildman–Crippen LogP) is 4.06. The minimum Gasteiger partial charge on any atom is -0.459 e. The van der Waals surface area contributed by atoms with Crippen LogP contribution in [0.2, 0.25) is 0 Å². The molecule has 0 bridgehead atoms. The summed E-state index contributed by atoms with van der Waals surface area (Å²) in [6.07, 6.45) is 2.07. The number of thioether (sulfide) groups is 1. The van der Waals surface area contributed by atoms with Crippen molar-refractivity contribution >= 4 is 38.7 Å². The Morgan fingerprint density at radius 1 is 1.46 bits per heavy atom. The Kier molecular flexibility index (Phi) is 2.65. The largest absolute Gasteiger partial charge is 0.459 e. The Bertz CT molecular complexity index is 422. The van der Waals surface area contributed by atoms with E-state index in [0.717, 1.165) is 21.6 Å². The summed E-state index contributed by atoms with van der Waals surface area (Å²) in [4.78, 5) is 0. The number of hydrogen-bond donors (Lipinski definition) is 0. The number of rotatable bonds is 2. The Morgan fingerprint density at radius 2 is 2.31 bits per heavy atom. The molecule has 1 aromatic heterocycles. The lowest BCUT2D eigenvalue weighted by molar-refractivity contribution is 0.572. The second kappa shape index (κ2) is 3.76. The highest BCUT2D eigenvalue weighted by Gasteiger charge is 2.05. The molecule has 13 heavy (non-hydrogen) atoms. The molecular formula is C10H9BrOS. The molecule has 0 amide bonds. The van der Waals surface area contributed by atoms with Crippen LogP contribution in [-0.2, 0) is 5.75 Å². The maximum absolute atomic E-state index is 5.67. The molecule has 0 saturated heterocycles. The minimum absolute atomic E-state index is 0.932. The van der Waals surface area contributed by atoms with Crippen LogP contribution < -0.4 is 0 Å². The second-order valence-corrected chi connectivity index (χ2v) is 4.52. The van der Waals surface area contributed by atoms with Gasteiger partial charge < -0.3 is 4.42 Å². The third-order valence-electron chi connectivity index (χ3n) is 1.83. The van der Waals surface area contributed by atoms with Crippen LogP contribution >= 0.6 is 27.7 Å². The molecule has 0 saturated carbocycles. The van der Waals surface area contributed by atoms with Gasteiger partial charge in [-0.05, 0) is 34.3 Å². The van der Waals surface area contributed by atoms with Crippen molar-refractivity contribution < 1.29 is 4.42 Å². The molecule has 0 N–H and O–H groups in total. The van der Waals surface area contributed by atoms with Crippen LogP contribution in [0, 0.1) is 0 Å². The molecular weight excluding hydrogens is 248 g/mol. The molecule has 0 unspecified atom stereocenters. The summed E-state index contributed by atoms with van der Waals surface area (Å²) in [6.45, 7) is 0. The van der Waals surface area contributed by atoms with Gasteiger partial charge in [-0.2, -0.15) is 11.8 Å². The van der Waals surface area contributed by atoms with Gasteiger partial charge in [-0.3, -0.25) is 0 Å². The monoisotopic (exact) mass is 256 g/mol. The van der Waals surface area contributed by atoms with E-state index in [0.29, 0.717) is 0 Å². The summed E-state index contributed by atoms with van der Waals surface area (Å²) in [6, 6.07) is 8.17. The summed E-state index contributed by atoms with van der Waals surface area (Å²) in [5.41, 5.74) is 0.951. The van der Waals surface area contributed by atoms with Gasteiger partial charge in [0.2, 0.25) is 0 Å². The van der Waals surface area contributed by atoms with Crippen LogP contribution in [0.15, 0.2) is 33.2 Å². The number of fused-ring (bicyclic) bond motifs is 1. The van der Waals surface area contributed by atoms with E-state index in [4.69, 9.17) is 4.42 Å². The van der Waals surface area contributed by atoms with Crippen molar-refractivity contribution in [1.82, 2.24) is 0 Å². The molecule has 0 fully saturated rings. The minimum atomic E-state index is 0.932. The van der Waals surface area contributed by atoms with Gasteiger partial charge >= 0.3 is 0 Å². The van der Waals surface area contributed by atoms with E-state index in [9.17, 15) is 0 Å². The molecule has 0 aliphatic heterocycles. The van der Waals surface area contributed by atoms with Crippen molar-refractivity contribution in [2.45, 2.75) is 5.75 Å². The summed E-state index contributed by atoms with van der Waals surface area (Å²) in [5, 5.41) is 1.17. The van der Waals surface area contributed by atoms with Crippen molar-refractivity contribution in [3.8, 4) is 0 Å². The quantitative estimate of drug-likeness (QED) is 0.804. The van der Waals surface area contributed by atoms with Crippen molar-refractivity contribution in [3.63, 3.8) is 0 Å². The van der Waals surface area contributed by atoms with Crippen molar-refractivity contribution in [2.75, 3.05) is 6.26 Å². The molecule has 3 heteroatoms. The van der Waals surface area contributed by atoms with Crippen LogP contribution in [0.3, 0.4) is 0 Å². The molecule has 1 aromatic carbocycles. The highest BCUT2D eigenvalue weighted by atomic mass is 79.9. The van der Waals surface area contributed by atoms with Gasteiger partial charge in [0.15, 0.2) is 0 Å². The maximum atomic E-state index is 5.67. The molecule has 2 rings (SSSR count). The van der Waals surface area contributed by atoms with E-state index in [1.807, 2.05) is 12.1 Å². The Hall–Kier alpha value is -0.410. The zero-order valence-electron chi connectivity index (χ0n) is 7.21. The van der Waals surface area contributed by atoms with E-state index in [1.54, 1.807) is 11.8 Å². The van der Waals surface area contributed by atoms with Crippen LogP contribution in [0.25, 0.3) is 11.0 Å². The van der Waals surface area contributed by atoms with Crippen molar-refractivity contribution in [2.24, 2.45) is 0 Å². The molecule has 0 aliphatic carbocycles.